The van der Waals surface area contributed by atoms with Crippen LogP contribution in [0.2, 0.25) is 10.2 Å². The highest BCUT2D eigenvalue weighted by Gasteiger charge is 2.40. The summed E-state index contributed by atoms with van der Waals surface area (Å²) in [5, 5.41) is 9.06. The number of carbonyl (C=O) groups is 1. The molecule has 0 saturated heterocycles. The second kappa shape index (κ2) is 4.43. The molecule has 1 aliphatic rings. The largest absolute Gasteiger partial charge is 0.477 e. The molecule has 5 nitrogen and oxygen atoms in total. The molecule has 0 aromatic carbocycles. The minimum Gasteiger partial charge on any atom is -0.477 e. The highest BCUT2D eigenvalue weighted by atomic mass is 35.5. The van der Waals surface area contributed by atoms with Crippen LogP contribution in [0.5, 0.6) is 0 Å². The second-order valence-corrected chi connectivity index (χ2v) is 5.26. The topological polar surface area (TPSA) is 72.2 Å². The zero-order chi connectivity index (χ0) is 14.6. The minimum atomic E-state index is -1.38. The summed E-state index contributed by atoms with van der Waals surface area (Å²) in [4.78, 5) is 26.9. The van der Waals surface area contributed by atoms with E-state index < -0.39 is 29.2 Å². The molecule has 0 bridgehead atoms. The van der Waals surface area contributed by atoms with Crippen molar-refractivity contribution in [2.45, 2.75) is 18.6 Å². The Hall–Kier alpha value is -1.66. The monoisotopic (exact) mass is 316 g/mol. The van der Waals surface area contributed by atoms with Gasteiger partial charge in [0, 0.05) is 18.8 Å². The summed E-state index contributed by atoms with van der Waals surface area (Å²) >= 11 is 11.8. The van der Waals surface area contributed by atoms with Crippen LogP contribution in [0.1, 0.15) is 22.8 Å². The van der Waals surface area contributed by atoms with E-state index in [0.29, 0.717) is 0 Å². The van der Waals surface area contributed by atoms with Crippen LogP contribution in [0.25, 0.3) is 10.9 Å². The van der Waals surface area contributed by atoms with Crippen molar-refractivity contribution in [2.24, 2.45) is 0 Å². The molecule has 2 heterocycles. The van der Waals surface area contributed by atoms with Crippen LogP contribution in [0.3, 0.4) is 0 Å². The Labute approximate surface area is 121 Å². The minimum absolute atomic E-state index is 0.0114. The number of rotatable bonds is 2. The highest BCUT2D eigenvalue weighted by molar-refractivity contribution is 6.44. The number of nitrogens with zero attached hydrogens (tertiary/aromatic N) is 2. The van der Waals surface area contributed by atoms with Crippen molar-refractivity contribution >= 4 is 40.1 Å². The molecule has 2 unspecified atom stereocenters. The molecule has 8 heteroatoms. The van der Waals surface area contributed by atoms with Gasteiger partial charge in [0.15, 0.2) is 0 Å². The van der Waals surface area contributed by atoms with Crippen LogP contribution in [0, 0.1) is 0 Å². The SMILES string of the molecule is O=C(O)c1cn(C2CC2F)c2c(Cl)c(Cl)ncc2c1=O. The Bertz CT molecular complexity index is 805. The van der Waals surface area contributed by atoms with Crippen LogP contribution in [-0.4, -0.2) is 26.8 Å². The van der Waals surface area contributed by atoms with E-state index in [1.807, 2.05) is 0 Å². The molecular weight excluding hydrogens is 310 g/mol. The molecule has 2 aromatic rings. The summed E-state index contributed by atoms with van der Waals surface area (Å²) in [7, 11) is 0. The second-order valence-electron chi connectivity index (χ2n) is 4.53. The number of pyridine rings is 2. The first-order chi connectivity index (χ1) is 9.41. The van der Waals surface area contributed by atoms with Gasteiger partial charge in [0.2, 0.25) is 5.43 Å². The van der Waals surface area contributed by atoms with E-state index in [2.05, 4.69) is 4.98 Å². The number of aromatic nitrogens is 2. The molecule has 0 spiro atoms. The molecule has 1 aliphatic carbocycles. The molecule has 0 aliphatic heterocycles. The Morgan fingerprint density at radius 1 is 1.50 bits per heavy atom. The number of alkyl halides is 1. The van der Waals surface area contributed by atoms with E-state index in [9.17, 15) is 14.0 Å². The van der Waals surface area contributed by atoms with Crippen LogP contribution in [-0.2, 0) is 0 Å². The van der Waals surface area contributed by atoms with Crippen LogP contribution < -0.4 is 5.43 Å². The van der Waals surface area contributed by atoms with Gasteiger partial charge in [-0.25, -0.2) is 14.2 Å². The van der Waals surface area contributed by atoms with E-state index >= 15 is 0 Å². The van der Waals surface area contributed by atoms with E-state index in [-0.39, 0.29) is 27.5 Å². The van der Waals surface area contributed by atoms with Gasteiger partial charge in [-0.3, -0.25) is 4.79 Å². The number of carboxylic acid groups (broad SMARTS) is 1. The first-order valence-electron chi connectivity index (χ1n) is 5.68. The van der Waals surface area contributed by atoms with E-state index in [4.69, 9.17) is 28.3 Å². The average Bonchev–Trinajstić information content (AvgIpc) is 3.11. The number of hydrogen-bond donors (Lipinski definition) is 1. The lowest BCUT2D eigenvalue weighted by molar-refractivity contribution is 0.0694. The van der Waals surface area contributed by atoms with Crippen molar-refractivity contribution in [2.75, 3.05) is 0 Å². The van der Waals surface area contributed by atoms with Crippen molar-refractivity contribution < 1.29 is 14.3 Å². The maximum atomic E-state index is 13.3. The lowest BCUT2D eigenvalue weighted by Gasteiger charge is -2.12. The molecule has 104 valence electrons. The first-order valence-corrected chi connectivity index (χ1v) is 6.43. The van der Waals surface area contributed by atoms with Crippen molar-refractivity contribution in [1.29, 1.82) is 0 Å². The lowest BCUT2D eigenvalue weighted by atomic mass is 10.1. The molecule has 1 N–H and O–H groups in total. The fourth-order valence-electron chi connectivity index (χ4n) is 2.13. The predicted octanol–water partition coefficient (Wildman–Crippen LogP) is 2.68. The van der Waals surface area contributed by atoms with Gasteiger partial charge in [-0.1, -0.05) is 23.2 Å². The van der Waals surface area contributed by atoms with Crippen LogP contribution in [0.15, 0.2) is 17.2 Å². The maximum absolute atomic E-state index is 13.3. The summed E-state index contributed by atoms with van der Waals surface area (Å²) < 4.78 is 14.7. The Balaban J connectivity index is 2.45. The number of fused-ring (bicyclic) bond motifs is 1. The number of aromatic carboxylic acids is 1. The number of halogens is 3. The maximum Gasteiger partial charge on any atom is 0.341 e. The fourth-order valence-corrected chi connectivity index (χ4v) is 2.52. The van der Waals surface area contributed by atoms with Crippen molar-refractivity contribution in [1.82, 2.24) is 9.55 Å². The standard InChI is InChI=1S/C12H7Cl2FN2O3/c13-8-9-4(2-16-11(8)14)10(18)5(12(19)20)3-17(9)7-1-6(7)15/h2-3,6-7H,1H2,(H,19,20). The third-order valence-electron chi connectivity index (χ3n) is 3.24. The lowest BCUT2D eigenvalue weighted by Crippen LogP contribution is -2.19. The molecule has 1 fully saturated rings. The van der Waals surface area contributed by atoms with Crippen molar-refractivity contribution in [3.63, 3.8) is 0 Å². The molecule has 3 rings (SSSR count). The predicted molar refractivity (Wildman–Crippen MR) is 71.5 cm³/mol. The molecular formula is C12H7Cl2FN2O3. The summed E-state index contributed by atoms with van der Waals surface area (Å²) in [6, 6.07) is -0.535. The van der Waals surface area contributed by atoms with E-state index in [1.165, 1.54) is 4.57 Å². The third-order valence-corrected chi connectivity index (χ3v) is 3.98. The smallest absolute Gasteiger partial charge is 0.341 e. The molecule has 2 atom stereocenters. The Morgan fingerprint density at radius 2 is 2.15 bits per heavy atom. The number of carboxylic acids is 1. The summed E-state index contributed by atoms with van der Waals surface area (Å²) in [5.41, 5.74) is -0.950. The van der Waals surface area contributed by atoms with Gasteiger partial charge in [0.1, 0.15) is 21.9 Å². The molecule has 20 heavy (non-hydrogen) atoms. The van der Waals surface area contributed by atoms with Gasteiger partial charge in [-0.2, -0.15) is 0 Å². The normalized spacial score (nSPS) is 21.1. The van der Waals surface area contributed by atoms with Gasteiger partial charge in [0.05, 0.1) is 16.9 Å². The van der Waals surface area contributed by atoms with Gasteiger partial charge < -0.3 is 9.67 Å². The highest BCUT2D eigenvalue weighted by Crippen LogP contribution is 2.42. The average molecular weight is 317 g/mol. The van der Waals surface area contributed by atoms with E-state index in [1.54, 1.807) is 0 Å². The zero-order valence-electron chi connectivity index (χ0n) is 9.81. The van der Waals surface area contributed by atoms with E-state index in [0.717, 1.165) is 12.4 Å². The zero-order valence-corrected chi connectivity index (χ0v) is 11.3. The molecule has 0 amide bonds. The van der Waals surface area contributed by atoms with Crippen molar-refractivity contribution in [3.05, 3.63) is 38.4 Å². The Kier molecular flexibility index (Phi) is 2.95. The van der Waals surface area contributed by atoms with Crippen molar-refractivity contribution in [3.8, 4) is 0 Å². The van der Waals surface area contributed by atoms with Gasteiger partial charge in [-0.15, -0.1) is 0 Å². The van der Waals surface area contributed by atoms with Gasteiger partial charge in [-0.05, 0) is 0 Å². The fraction of sp³-hybridized carbons (Fsp3) is 0.250. The summed E-state index contributed by atoms with van der Waals surface area (Å²) in [6.07, 6.45) is 1.42. The quantitative estimate of drug-likeness (QED) is 0.865. The molecule has 2 aromatic heterocycles. The van der Waals surface area contributed by atoms with Gasteiger partial charge in [0.25, 0.3) is 0 Å². The number of hydrogen-bond acceptors (Lipinski definition) is 3. The van der Waals surface area contributed by atoms with Crippen LogP contribution in [0.4, 0.5) is 4.39 Å². The van der Waals surface area contributed by atoms with Gasteiger partial charge >= 0.3 is 5.97 Å². The third kappa shape index (κ3) is 1.87. The van der Waals surface area contributed by atoms with Crippen LogP contribution >= 0.6 is 23.2 Å². The first kappa shape index (κ1) is 13.3. The summed E-state index contributed by atoms with van der Waals surface area (Å²) in [6.45, 7) is 0. The molecule has 1 saturated carbocycles. The molecule has 0 radical (unpaired) electrons. The Morgan fingerprint density at radius 3 is 2.70 bits per heavy atom. The summed E-state index contributed by atoms with van der Waals surface area (Å²) in [5.74, 6) is -1.38.